The molecule has 0 fully saturated rings. The summed E-state index contributed by atoms with van der Waals surface area (Å²) >= 11 is 0. The summed E-state index contributed by atoms with van der Waals surface area (Å²) in [5, 5.41) is 6.89. The lowest BCUT2D eigenvalue weighted by atomic mass is 10.1. The molecule has 0 aliphatic carbocycles. The number of nitrogens with zero attached hydrogens (tertiary/aromatic N) is 4. The fourth-order valence-corrected chi connectivity index (χ4v) is 2.54. The molecule has 2 heterocycles. The molecule has 0 aliphatic rings. The third-order valence-corrected chi connectivity index (χ3v) is 3.79. The largest absolute Gasteiger partial charge is 0.368 e. The van der Waals surface area contributed by atoms with Crippen molar-refractivity contribution in [2.75, 3.05) is 24.1 Å². The molecule has 24 heavy (non-hydrogen) atoms. The Balaban J connectivity index is 2.02. The monoisotopic (exact) mass is 333 g/mol. The Morgan fingerprint density at radius 3 is 2.62 bits per heavy atom. The van der Waals surface area contributed by atoms with Crippen LogP contribution in [0.5, 0.6) is 0 Å². The normalized spacial score (nSPS) is 12.0. The van der Waals surface area contributed by atoms with Crippen molar-refractivity contribution in [2.24, 2.45) is 0 Å². The van der Waals surface area contributed by atoms with Crippen LogP contribution in [0.1, 0.15) is 53.4 Å². The molecular weight excluding hydrogens is 302 g/mol. The fourth-order valence-electron chi connectivity index (χ4n) is 2.54. The Bertz CT molecular complexity index is 642. The zero-order valence-electron chi connectivity index (χ0n) is 15.4. The van der Waals surface area contributed by atoms with Crippen molar-refractivity contribution in [3.05, 3.63) is 6.33 Å². The molecule has 0 bridgehead atoms. The Morgan fingerprint density at radius 1 is 1.12 bits per heavy atom. The first kappa shape index (κ1) is 18.4. The number of rotatable bonds is 9. The number of imidazole rings is 1. The highest BCUT2D eigenvalue weighted by molar-refractivity contribution is 5.84. The minimum Gasteiger partial charge on any atom is -0.368 e. The number of anilines is 2. The number of aryl methyl sites for hydroxylation is 1. The first-order valence-corrected chi connectivity index (χ1v) is 8.88. The van der Waals surface area contributed by atoms with Gasteiger partial charge in [0.05, 0.1) is 6.33 Å². The zero-order valence-corrected chi connectivity index (χ0v) is 15.4. The van der Waals surface area contributed by atoms with E-state index < -0.39 is 0 Å². The van der Waals surface area contributed by atoms with Gasteiger partial charge in [0.25, 0.3) is 0 Å². The predicted molar refractivity (Wildman–Crippen MR) is 100 cm³/mol. The van der Waals surface area contributed by atoms with Crippen molar-refractivity contribution in [3.63, 3.8) is 0 Å². The van der Waals surface area contributed by atoms with Crippen molar-refractivity contribution < 1.29 is 0 Å². The van der Waals surface area contributed by atoms with E-state index in [-0.39, 0.29) is 11.5 Å². The molecule has 0 saturated carbocycles. The molecule has 0 amide bonds. The summed E-state index contributed by atoms with van der Waals surface area (Å²) in [4.78, 5) is 13.0. The van der Waals surface area contributed by atoms with Gasteiger partial charge in [-0.3, -0.25) is 0 Å². The van der Waals surface area contributed by atoms with Crippen LogP contribution in [-0.2, 0) is 6.54 Å². The van der Waals surface area contributed by atoms with E-state index in [1.807, 2.05) is 6.33 Å². The Labute approximate surface area is 144 Å². The second-order valence-electron chi connectivity index (χ2n) is 7.20. The average molecular weight is 333 g/mol. The molecule has 2 aromatic heterocycles. The van der Waals surface area contributed by atoms with Gasteiger partial charge in [-0.05, 0) is 46.6 Å². The molecule has 0 radical (unpaired) electrons. The Morgan fingerprint density at radius 2 is 1.92 bits per heavy atom. The second-order valence-corrected chi connectivity index (χ2v) is 7.20. The van der Waals surface area contributed by atoms with E-state index in [1.165, 1.54) is 0 Å². The molecule has 134 valence electrons. The maximum absolute atomic E-state index is 5.80. The van der Waals surface area contributed by atoms with E-state index in [1.54, 1.807) is 0 Å². The highest BCUT2D eigenvalue weighted by Gasteiger charge is 2.12. The number of hydrogen-bond acceptors (Lipinski definition) is 6. The molecule has 0 atom stereocenters. The summed E-state index contributed by atoms with van der Waals surface area (Å²) in [6.45, 7) is 11.5. The fraction of sp³-hybridized carbons (Fsp3) is 0.706. The summed E-state index contributed by atoms with van der Waals surface area (Å²) in [6.07, 6.45) is 6.26. The van der Waals surface area contributed by atoms with Crippen LogP contribution in [0.15, 0.2) is 6.33 Å². The van der Waals surface area contributed by atoms with Crippen molar-refractivity contribution in [1.82, 2.24) is 24.8 Å². The summed E-state index contributed by atoms with van der Waals surface area (Å²) in [7, 11) is 0. The Kier molecular flexibility index (Phi) is 6.36. The van der Waals surface area contributed by atoms with E-state index in [2.05, 4.69) is 57.8 Å². The molecule has 0 aliphatic heterocycles. The number of aromatic nitrogens is 4. The third-order valence-electron chi connectivity index (χ3n) is 3.79. The molecule has 0 saturated heterocycles. The highest BCUT2D eigenvalue weighted by Crippen LogP contribution is 2.21. The summed E-state index contributed by atoms with van der Waals surface area (Å²) in [5.74, 6) is 1.05. The van der Waals surface area contributed by atoms with Crippen LogP contribution < -0.4 is 16.4 Å². The van der Waals surface area contributed by atoms with Crippen molar-refractivity contribution in [2.45, 2.75) is 65.5 Å². The predicted octanol–water partition coefficient (Wildman–Crippen LogP) is 2.79. The minimum absolute atomic E-state index is 0.170. The number of hydrogen-bond donors (Lipinski definition) is 3. The third kappa shape index (κ3) is 5.33. The number of nitrogens with one attached hydrogen (secondary N) is 2. The number of fused-ring (bicyclic) bond motifs is 1. The molecule has 0 unspecified atom stereocenters. The van der Waals surface area contributed by atoms with Crippen LogP contribution in [0.3, 0.4) is 0 Å². The van der Waals surface area contributed by atoms with Gasteiger partial charge in [-0.15, -0.1) is 0 Å². The number of nitrogens with two attached hydrogens (primary N) is 1. The SMILES string of the molecule is CCCCNc1nc(N)nc2ncn(CCCCNC(C)(C)C)c12. The molecule has 7 nitrogen and oxygen atoms in total. The lowest BCUT2D eigenvalue weighted by molar-refractivity contribution is 0.414. The lowest BCUT2D eigenvalue weighted by Crippen LogP contribution is -2.36. The van der Waals surface area contributed by atoms with Gasteiger partial charge in [0.1, 0.15) is 5.52 Å². The maximum Gasteiger partial charge on any atom is 0.224 e. The van der Waals surface area contributed by atoms with E-state index in [4.69, 9.17) is 5.73 Å². The molecule has 2 rings (SSSR count). The first-order chi connectivity index (χ1) is 11.4. The quantitative estimate of drug-likeness (QED) is 0.611. The summed E-state index contributed by atoms with van der Waals surface area (Å²) < 4.78 is 2.13. The van der Waals surface area contributed by atoms with E-state index in [0.717, 1.165) is 56.7 Å². The van der Waals surface area contributed by atoms with Crippen molar-refractivity contribution in [1.29, 1.82) is 0 Å². The summed E-state index contributed by atoms with van der Waals surface area (Å²) in [5.41, 5.74) is 7.58. The van der Waals surface area contributed by atoms with Crippen LogP contribution in [-0.4, -0.2) is 38.1 Å². The van der Waals surface area contributed by atoms with Gasteiger partial charge in [-0.1, -0.05) is 13.3 Å². The van der Waals surface area contributed by atoms with Crippen LogP contribution in [0, 0.1) is 0 Å². The minimum atomic E-state index is 0.170. The molecule has 0 spiro atoms. The molecule has 0 aromatic carbocycles. The lowest BCUT2D eigenvalue weighted by Gasteiger charge is -2.20. The van der Waals surface area contributed by atoms with Crippen molar-refractivity contribution >= 4 is 22.9 Å². The van der Waals surface area contributed by atoms with Crippen LogP contribution in [0.2, 0.25) is 0 Å². The number of unbranched alkanes of at least 4 members (excludes halogenated alkanes) is 2. The first-order valence-electron chi connectivity index (χ1n) is 8.88. The molecule has 7 heteroatoms. The number of nitrogen functional groups attached to an aromatic ring is 1. The molecule has 2 aromatic rings. The topological polar surface area (TPSA) is 93.7 Å². The van der Waals surface area contributed by atoms with Gasteiger partial charge in [0.2, 0.25) is 5.95 Å². The van der Waals surface area contributed by atoms with Crippen LogP contribution in [0.25, 0.3) is 11.2 Å². The Hall–Kier alpha value is -1.89. The van der Waals surface area contributed by atoms with Crippen molar-refractivity contribution in [3.8, 4) is 0 Å². The average Bonchev–Trinajstić information content (AvgIpc) is 2.89. The van der Waals surface area contributed by atoms with Gasteiger partial charge in [-0.25, -0.2) is 4.98 Å². The van der Waals surface area contributed by atoms with Gasteiger partial charge < -0.3 is 20.9 Å². The zero-order chi connectivity index (χ0) is 17.6. The van der Waals surface area contributed by atoms with Gasteiger partial charge >= 0.3 is 0 Å². The molecule has 4 N–H and O–H groups in total. The highest BCUT2D eigenvalue weighted by atomic mass is 15.2. The molecular formula is C17H31N7. The maximum atomic E-state index is 5.80. The van der Waals surface area contributed by atoms with Gasteiger partial charge in [0.15, 0.2) is 11.5 Å². The van der Waals surface area contributed by atoms with E-state index in [0.29, 0.717) is 5.65 Å². The van der Waals surface area contributed by atoms with Crippen LogP contribution >= 0.6 is 0 Å². The van der Waals surface area contributed by atoms with Crippen LogP contribution in [0.4, 0.5) is 11.8 Å². The standard InChI is InChI=1S/C17H31N7/c1-5-6-9-19-14-13-15(23-16(18)22-14)20-12-24(13)11-8-7-10-21-17(2,3)4/h12,21H,5-11H2,1-4H3,(H3,18,19,22,23). The smallest absolute Gasteiger partial charge is 0.224 e. The van der Waals surface area contributed by atoms with E-state index in [9.17, 15) is 0 Å². The van der Waals surface area contributed by atoms with E-state index >= 15 is 0 Å². The van der Waals surface area contributed by atoms with Gasteiger partial charge in [0, 0.05) is 18.6 Å². The van der Waals surface area contributed by atoms with Gasteiger partial charge in [-0.2, -0.15) is 9.97 Å². The second kappa shape index (κ2) is 8.28. The summed E-state index contributed by atoms with van der Waals surface area (Å²) in [6, 6.07) is 0.